The largest absolute Gasteiger partial charge is 0.493 e. The van der Waals surface area contributed by atoms with Gasteiger partial charge in [-0.2, -0.15) is 5.26 Å². The van der Waals surface area contributed by atoms with E-state index in [9.17, 15) is 4.79 Å². The Morgan fingerprint density at radius 2 is 1.90 bits per heavy atom. The van der Waals surface area contributed by atoms with Crippen molar-refractivity contribution in [3.63, 3.8) is 0 Å². The number of likely N-dealkylation sites (tertiary alicyclic amines) is 1. The van der Waals surface area contributed by atoms with Gasteiger partial charge in [0.15, 0.2) is 5.76 Å². The number of aryl methyl sites for hydroxylation is 1. The lowest BCUT2D eigenvalue weighted by atomic mass is 9.88. The number of nitrogens with one attached hydrogen (secondary N) is 1. The molecule has 6 heteroatoms. The van der Waals surface area contributed by atoms with Crippen molar-refractivity contribution >= 4 is 17.8 Å². The minimum absolute atomic E-state index is 0.0175. The first-order chi connectivity index (χ1) is 14.5. The van der Waals surface area contributed by atoms with Gasteiger partial charge in [-0.25, -0.2) is 0 Å². The Labute approximate surface area is 177 Å². The molecule has 1 aliphatic rings. The summed E-state index contributed by atoms with van der Waals surface area (Å²) in [7, 11) is 1.47. The van der Waals surface area contributed by atoms with Crippen molar-refractivity contribution in [2.75, 3.05) is 20.2 Å². The first kappa shape index (κ1) is 21.1. The number of methoxy groups -OCH3 is 1. The number of allylic oxidation sites excluding steroid dienone is 1. The molecule has 154 valence electrons. The summed E-state index contributed by atoms with van der Waals surface area (Å²) in [5, 5.41) is 16.4. The number of carbonyl (C=O) groups excluding carboxylic acids is 1. The first-order valence-corrected chi connectivity index (χ1v) is 9.93. The highest BCUT2D eigenvalue weighted by Gasteiger charge is 2.25. The molecule has 6 nitrogen and oxygen atoms in total. The number of nitriles is 1. The van der Waals surface area contributed by atoms with Crippen LogP contribution >= 0.6 is 0 Å². The van der Waals surface area contributed by atoms with Crippen molar-refractivity contribution < 1.29 is 9.53 Å². The van der Waals surface area contributed by atoms with Crippen LogP contribution < -0.4 is 5.73 Å². The fraction of sp³-hybridized carbons (Fsp3) is 0.292. The van der Waals surface area contributed by atoms with Gasteiger partial charge in [-0.1, -0.05) is 18.2 Å². The van der Waals surface area contributed by atoms with Crippen molar-refractivity contribution in [1.29, 1.82) is 10.7 Å². The maximum atomic E-state index is 13.1. The number of hydrogen-bond donors (Lipinski definition) is 2. The molecule has 0 saturated carbocycles. The quantitative estimate of drug-likeness (QED) is 0.586. The summed E-state index contributed by atoms with van der Waals surface area (Å²) in [6.45, 7) is 3.28. The number of ether oxygens (including phenoxy) is 1. The minimum Gasteiger partial charge on any atom is -0.493 e. The number of benzene rings is 2. The van der Waals surface area contributed by atoms with E-state index in [1.165, 1.54) is 12.7 Å². The minimum atomic E-state index is -0.0175. The summed E-state index contributed by atoms with van der Waals surface area (Å²) in [5.41, 5.74) is 10.6. The summed E-state index contributed by atoms with van der Waals surface area (Å²) in [6.07, 6.45) is 2.84. The number of piperidine rings is 1. The van der Waals surface area contributed by atoms with Crippen molar-refractivity contribution in [3.8, 4) is 6.07 Å². The van der Waals surface area contributed by atoms with E-state index in [-0.39, 0.29) is 11.7 Å². The maximum Gasteiger partial charge on any atom is 0.253 e. The molecule has 1 heterocycles. The van der Waals surface area contributed by atoms with Crippen LogP contribution in [0, 0.1) is 23.7 Å². The zero-order valence-corrected chi connectivity index (χ0v) is 17.3. The zero-order valence-electron chi connectivity index (χ0n) is 17.3. The van der Waals surface area contributed by atoms with Crippen LogP contribution in [-0.4, -0.2) is 37.2 Å². The summed E-state index contributed by atoms with van der Waals surface area (Å²) in [6, 6.07) is 15.3. The molecule has 0 spiro atoms. The SMILES string of the molecule is CO/C(C=N)=C(/N)c1cc(C(=O)N2CCC(c3ccc(C#N)cc3)CC2)ccc1C. The van der Waals surface area contributed by atoms with Gasteiger partial charge in [0.25, 0.3) is 5.91 Å². The third kappa shape index (κ3) is 4.36. The van der Waals surface area contributed by atoms with Gasteiger partial charge in [0.2, 0.25) is 0 Å². The average Bonchev–Trinajstić information content (AvgIpc) is 2.80. The highest BCUT2D eigenvalue weighted by atomic mass is 16.5. The third-order valence-electron chi connectivity index (χ3n) is 5.68. The van der Waals surface area contributed by atoms with Gasteiger partial charge >= 0.3 is 0 Å². The lowest BCUT2D eigenvalue weighted by molar-refractivity contribution is 0.0713. The Morgan fingerprint density at radius 1 is 1.23 bits per heavy atom. The molecular weight excluding hydrogens is 376 g/mol. The van der Waals surface area contributed by atoms with E-state index in [1.54, 1.807) is 6.07 Å². The zero-order chi connectivity index (χ0) is 21.7. The monoisotopic (exact) mass is 402 g/mol. The second kappa shape index (κ2) is 9.27. The van der Waals surface area contributed by atoms with Gasteiger partial charge in [-0.05, 0) is 61.1 Å². The van der Waals surface area contributed by atoms with Crippen LogP contribution in [0.25, 0.3) is 5.70 Å². The van der Waals surface area contributed by atoms with E-state index in [0.29, 0.717) is 41.4 Å². The summed E-state index contributed by atoms with van der Waals surface area (Å²) < 4.78 is 5.15. The molecule has 0 aromatic heterocycles. The summed E-state index contributed by atoms with van der Waals surface area (Å²) in [5.74, 6) is 0.646. The normalized spacial score (nSPS) is 15.2. The molecule has 0 atom stereocenters. The second-order valence-corrected chi connectivity index (χ2v) is 7.46. The molecule has 2 aromatic rings. The molecule has 3 rings (SSSR count). The molecule has 0 bridgehead atoms. The first-order valence-electron chi connectivity index (χ1n) is 9.93. The van der Waals surface area contributed by atoms with E-state index in [0.717, 1.165) is 24.6 Å². The number of carbonyl (C=O) groups is 1. The maximum absolute atomic E-state index is 13.1. The Kier molecular flexibility index (Phi) is 6.53. The predicted molar refractivity (Wildman–Crippen MR) is 117 cm³/mol. The van der Waals surface area contributed by atoms with E-state index >= 15 is 0 Å². The molecule has 0 unspecified atom stereocenters. The number of rotatable bonds is 5. The standard InChI is InChI=1S/C24H26N4O2/c1-16-3-6-20(13-21(16)23(27)22(15-26)30-2)24(29)28-11-9-19(10-12-28)18-7-4-17(14-25)5-8-18/h3-8,13,15,19,26H,9-12,27H2,1-2H3/b23-22+,26-15?. The summed E-state index contributed by atoms with van der Waals surface area (Å²) in [4.78, 5) is 15.0. The topological polar surface area (TPSA) is 103 Å². The molecule has 1 saturated heterocycles. The molecule has 1 aliphatic heterocycles. The van der Waals surface area contributed by atoms with Gasteiger partial charge in [-0.15, -0.1) is 0 Å². The second-order valence-electron chi connectivity index (χ2n) is 7.46. The van der Waals surface area contributed by atoms with E-state index in [4.69, 9.17) is 21.1 Å². The Bertz CT molecular complexity index is 1010. The highest BCUT2D eigenvalue weighted by molar-refractivity contribution is 5.96. The van der Waals surface area contributed by atoms with Crippen LogP contribution in [0.2, 0.25) is 0 Å². The fourth-order valence-corrected chi connectivity index (χ4v) is 3.85. The number of nitrogens with zero attached hydrogens (tertiary/aromatic N) is 2. The van der Waals surface area contributed by atoms with Crippen LogP contribution in [0.4, 0.5) is 0 Å². The molecular formula is C24H26N4O2. The summed E-state index contributed by atoms with van der Waals surface area (Å²) >= 11 is 0. The van der Waals surface area contributed by atoms with E-state index in [1.807, 2.05) is 48.2 Å². The molecule has 0 radical (unpaired) electrons. The van der Waals surface area contributed by atoms with Crippen molar-refractivity contribution in [2.45, 2.75) is 25.7 Å². The fourth-order valence-electron chi connectivity index (χ4n) is 3.85. The van der Waals surface area contributed by atoms with Crippen molar-refractivity contribution in [2.24, 2.45) is 5.73 Å². The van der Waals surface area contributed by atoms with E-state index in [2.05, 4.69) is 6.07 Å². The van der Waals surface area contributed by atoms with Gasteiger partial charge in [0, 0.05) is 24.2 Å². The Hall–Kier alpha value is -3.59. The average molecular weight is 402 g/mol. The van der Waals surface area contributed by atoms with Crippen LogP contribution in [0.1, 0.15) is 51.4 Å². The number of amides is 1. The van der Waals surface area contributed by atoms with Crippen molar-refractivity contribution in [1.82, 2.24) is 4.90 Å². The molecule has 1 fully saturated rings. The van der Waals surface area contributed by atoms with Gasteiger partial charge in [0.05, 0.1) is 30.7 Å². The van der Waals surface area contributed by atoms with Gasteiger partial charge in [0.1, 0.15) is 0 Å². The number of nitrogens with two attached hydrogens (primary N) is 1. The molecule has 3 N–H and O–H groups in total. The van der Waals surface area contributed by atoms with Gasteiger partial charge in [-0.3, -0.25) is 4.79 Å². The van der Waals surface area contributed by atoms with Crippen molar-refractivity contribution in [3.05, 3.63) is 76.0 Å². The lowest BCUT2D eigenvalue weighted by Gasteiger charge is -2.32. The van der Waals surface area contributed by atoms with Crippen LogP contribution in [0.3, 0.4) is 0 Å². The lowest BCUT2D eigenvalue weighted by Crippen LogP contribution is -2.38. The van der Waals surface area contributed by atoms with Crippen LogP contribution in [-0.2, 0) is 4.74 Å². The molecule has 0 aliphatic carbocycles. The predicted octanol–water partition coefficient (Wildman–Crippen LogP) is 3.81. The number of hydrogen-bond acceptors (Lipinski definition) is 5. The van der Waals surface area contributed by atoms with Gasteiger partial charge < -0.3 is 20.8 Å². The molecule has 2 aromatic carbocycles. The Morgan fingerprint density at radius 3 is 2.47 bits per heavy atom. The molecule has 30 heavy (non-hydrogen) atoms. The van der Waals surface area contributed by atoms with E-state index < -0.39 is 0 Å². The van der Waals surface area contributed by atoms with Crippen LogP contribution in [0.15, 0.2) is 48.2 Å². The smallest absolute Gasteiger partial charge is 0.253 e. The third-order valence-corrected chi connectivity index (χ3v) is 5.68. The highest BCUT2D eigenvalue weighted by Crippen LogP contribution is 2.29. The Balaban J connectivity index is 1.73. The van der Waals surface area contributed by atoms with Crippen LogP contribution in [0.5, 0.6) is 0 Å². The molecule has 1 amide bonds.